The maximum absolute atomic E-state index is 11.3. The van der Waals surface area contributed by atoms with Crippen molar-refractivity contribution in [2.75, 3.05) is 0 Å². The normalized spacial score (nSPS) is 15.9. The molecular formula is C8H15N3O5. The van der Waals surface area contributed by atoms with Gasteiger partial charge in [0.1, 0.15) is 12.1 Å². The largest absolute Gasteiger partial charge is 0.480 e. The third-order valence-electron chi connectivity index (χ3n) is 1.84. The van der Waals surface area contributed by atoms with Crippen LogP contribution in [0.3, 0.4) is 0 Å². The van der Waals surface area contributed by atoms with Crippen molar-refractivity contribution in [2.45, 2.75) is 31.5 Å². The van der Waals surface area contributed by atoms with Crippen LogP contribution in [0.4, 0.5) is 0 Å². The number of aliphatic hydroxyl groups is 1. The van der Waals surface area contributed by atoms with Crippen molar-refractivity contribution in [3.63, 3.8) is 0 Å². The molecule has 0 fully saturated rings. The number of carbonyl (C=O) groups excluding carboxylic acids is 2. The summed E-state index contributed by atoms with van der Waals surface area (Å²) in [5.41, 5.74) is 10.1. The molecule has 8 nitrogen and oxygen atoms in total. The first kappa shape index (κ1) is 14.3. The van der Waals surface area contributed by atoms with Crippen molar-refractivity contribution in [1.29, 1.82) is 0 Å². The molecule has 0 aliphatic rings. The lowest BCUT2D eigenvalue weighted by Gasteiger charge is -2.18. The van der Waals surface area contributed by atoms with Crippen molar-refractivity contribution in [3.05, 3.63) is 0 Å². The number of hydrogen-bond donors (Lipinski definition) is 5. The van der Waals surface area contributed by atoms with E-state index in [2.05, 4.69) is 0 Å². The van der Waals surface area contributed by atoms with E-state index >= 15 is 0 Å². The number of hydrogen-bond acceptors (Lipinski definition) is 5. The molecule has 0 aromatic rings. The van der Waals surface area contributed by atoms with Gasteiger partial charge in [-0.1, -0.05) is 0 Å². The molecular weight excluding hydrogens is 218 g/mol. The number of carbonyl (C=O) groups is 3. The molecule has 0 aromatic heterocycles. The number of nitrogens with two attached hydrogens (primary N) is 2. The van der Waals surface area contributed by atoms with Gasteiger partial charge in [0.25, 0.3) is 0 Å². The van der Waals surface area contributed by atoms with E-state index in [0.29, 0.717) is 0 Å². The maximum atomic E-state index is 11.3. The minimum absolute atomic E-state index is 0.534. The molecule has 0 bridgehead atoms. The number of amides is 2. The topological polar surface area (TPSA) is 156 Å². The maximum Gasteiger partial charge on any atom is 0.326 e. The van der Waals surface area contributed by atoms with Gasteiger partial charge < -0.3 is 27.0 Å². The number of primary amides is 1. The number of carboxylic acids is 1. The van der Waals surface area contributed by atoms with Gasteiger partial charge >= 0.3 is 5.97 Å². The lowest BCUT2D eigenvalue weighted by molar-refractivity contribution is -0.143. The summed E-state index contributed by atoms with van der Waals surface area (Å²) in [7, 11) is 0. The highest BCUT2D eigenvalue weighted by Gasteiger charge is 2.26. The molecule has 0 unspecified atom stereocenters. The molecule has 0 aliphatic heterocycles. The van der Waals surface area contributed by atoms with Gasteiger partial charge in [0.2, 0.25) is 11.8 Å². The smallest absolute Gasteiger partial charge is 0.326 e. The molecule has 92 valence electrons. The molecule has 7 N–H and O–H groups in total. The fourth-order valence-electron chi connectivity index (χ4n) is 0.888. The molecule has 3 atom stereocenters. The van der Waals surface area contributed by atoms with Crippen LogP contribution in [0.15, 0.2) is 0 Å². The van der Waals surface area contributed by atoms with Gasteiger partial charge in [-0.3, -0.25) is 9.59 Å². The molecule has 0 saturated heterocycles. The minimum atomic E-state index is -1.44. The van der Waals surface area contributed by atoms with Crippen LogP contribution in [0.2, 0.25) is 0 Å². The van der Waals surface area contributed by atoms with E-state index in [1.165, 1.54) is 6.92 Å². The molecule has 2 amide bonds. The summed E-state index contributed by atoms with van der Waals surface area (Å²) in [6.07, 6.45) is -1.66. The van der Waals surface area contributed by atoms with Gasteiger partial charge in [-0.05, 0) is 6.92 Å². The van der Waals surface area contributed by atoms with E-state index in [1.54, 1.807) is 0 Å². The van der Waals surface area contributed by atoms with Crippen LogP contribution in [0.5, 0.6) is 0 Å². The number of nitrogens with one attached hydrogen (secondary N) is 1. The van der Waals surface area contributed by atoms with Crippen molar-refractivity contribution in [2.24, 2.45) is 11.5 Å². The minimum Gasteiger partial charge on any atom is -0.480 e. The molecule has 16 heavy (non-hydrogen) atoms. The van der Waals surface area contributed by atoms with Gasteiger partial charge in [-0.2, -0.15) is 0 Å². The average Bonchev–Trinajstić information content (AvgIpc) is 2.14. The first-order valence-electron chi connectivity index (χ1n) is 4.50. The molecule has 0 rings (SSSR count). The molecule has 0 spiro atoms. The van der Waals surface area contributed by atoms with Crippen LogP contribution in [0.25, 0.3) is 0 Å². The summed E-state index contributed by atoms with van der Waals surface area (Å²) in [6, 6.07) is -2.69. The van der Waals surface area contributed by atoms with Crippen molar-refractivity contribution in [3.8, 4) is 0 Å². The van der Waals surface area contributed by atoms with Gasteiger partial charge in [-0.15, -0.1) is 0 Å². The molecule has 0 aromatic carbocycles. The van der Waals surface area contributed by atoms with Crippen molar-refractivity contribution < 1.29 is 24.6 Å². The van der Waals surface area contributed by atoms with E-state index in [4.69, 9.17) is 21.7 Å². The zero-order chi connectivity index (χ0) is 12.9. The van der Waals surface area contributed by atoms with Gasteiger partial charge in [0.15, 0.2) is 0 Å². The van der Waals surface area contributed by atoms with E-state index in [9.17, 15) is 14.4 Å². The Morgan fingerprint density at radius 3 is 2.19 bits per heavy atom. The third-order valence-corrected chi connectivity index (χ3v) is 1.84. The summed E-state index contributed by atoms with van der Waals surface area (Å²) in [5, 5.41) is 19.7. The third kappa shape index (κ3) is 4.71. The average molecular weight is 233 g/mol. The summed E-state index contributed by atoms with van der Waals surface area (Å²) in [5.74, 6) is -3.12. The standard InChI is InChI=1S/C8H15N3O5/c1-3(12)6(10)7(14)11-4(8(15)16)2-5(9)13/h3-4,6,12H,2,10H2,1H3,(H2,9,13)(H,11,14)(H,15,16)/t3-,4+,6+/m1/s1. The lowest BCUT2D eigenvalue weighted by Crippen LogP contribution is -2.53. The Labute approximate surface area is 91.6 Å². The summed E-state index contributed by atoms with van der Waals surface area (Å²) >= 11 is 0. The Hall–Kier alpha value is -1.67. The van der Waals surface area contributed by atoms with Crippen LogP contribution >= 0.6 is 0 Å². The summed E-state index contributed by atoms with van der Waals surface area (Å²) < 4.78 is 0. The Morgan fingerprint density at radius 2 is 1.88 bits per heavy atom. The van der Waals surface area contributed by atoms with Crippen molar-refractivity contribution in [1.82, 2.24) is 5.32 Å². The highest BCUT2D eigenvalue weighted by Crippen LogP contribution is 1.95. The quantitative estimate of drug-likeness (QED) is 0.332. The second kappa shape index (κ2) is 6.03. The second-order valence-electron chi connectivity index (χ2n) is 3.34. The Morgan fingerprint density at radius 1 is 1.38 bits per heavy atom. The van der Waals surface area contributed by atoms with Crippen molar-refractivity contribution >= 4 is 17.8 Å². The van der Waals surface area contributed by atoms with E-state index in [0.717, 1.165) is 0 Å². The number of aliphatic carboxylic acids is 1. The zero-order valence-electron chi connectivity index (χ0n) is 8.71. The predicted octanol–water partition coefficient (Wildman–Crippen LogP) is -2.86. The number of rotatable bonds is 6. The molecule has 8 heteroatoms. The van der Waals surface area contributed by atoms with Gasteiger partial charge in [-0.25, -0.2) is 4.79 Å². The van der Waals surface area contributed by atoms with E-state index in [1.807, 2.05) is 5.32 Å². The Bertz CT molecular complexity index is 291. The molecule has 0 aliphatic carbocycles. The van der Waals surface area contributed by atoms with Crippen LogP contribution < -0.4 is 16.8 Å². The zero-order valence-corrected chi connectivity index (χ0v) is 8.71. The fourth-order valence-corrected chi connectivity index (χ4v) is 0.888. The SMILES string of the molecule is C[C@@H](O)[C@H](N)C(=O)N[C@@H](CC(N)=O)C(=O)O. The predicted molar refractivity (Wildman–Crippen MR) is 53.0 cm³/mol. The summed E-state index contributed by atoms with van der Waals surface area (Å²) in [6.45, 7) is 1.29. The fraction of sp³-hybridized carbons (Fsp3) is 0.625. The highest BCUT2D eigenvalue weighted by molar-refractivity contribution is 5.90. The van der Waals surface area contributed by atoms with Crippen LogP contribution in [-0.4, -0.2) is 46.2 Å². The first-order valence-corrected chi connectivity index (χ1v) is 4.50. The molecule has 0 heterocycles. The monoisotopic (exact) mass is 233 g/mol. The highest BCUT2D eigenvalue weighted by atomic mass is 16.4. The first-order chi connectivity index (χ1) is 7.25. The number of aliphatic hydroxyl groups excluding tert-OH is 1. The van der Waals surface area contributed by atoms with E-state index in [-0.39, 0.29) is 0 Å². The lowest BCUT2D eigenvalue weighted by atomic mass is 10.1. The second-order valence-corrected chi connectivity index (χ2v) is 3.34. The van der Waals surface area contributed by atoms with Crippen LogP contribution in [-0.2, 0) is 14.4 Å². The van der Waals surface area contributed by atoms with E-state index < -0.39 is 42.4 Å². The van der Waals surface area contributed by atoms with Gasteiger partial charge in [0.05, 0.1) is 12.5 Å². The Kier molecular flexibility index (Phi) is 5.40. The Balaban J connectivity index is 4.46. The van der Waals surface area contributed by atoms with Crippen LogP contribution in [0, 0.1) is 0 Å². The molecule has 0 radical (unpaired) electrons. The van der Waals surface area contributed by atoms with Crippen LogP contribution in [0.1, 0.15) is 13.3 Å². The molecule has 0 saturated carbocycles. The summed E-state index contributed by atoms with van der Waals surface area (Å²) in [4.78, 5) is 32.4. The van der Waals surface area contributed by atoms with Gasteiger partial charge in [0, 0.05) is 0 Å². The number of carboxylic acid groups (broad SMARTS) is 1.